The van der Waals surface area contributed by atoms with Crippen molar-refractivity contribution in [2.24, 2.45) is 5.92 Å². The lowest BCUT2D eigenvalue weighted by Gasteiger charge is -2.36. The van der Waals surface area contributed by atoms with Crippen molar-refractivity contribution in [3.05, 3.63) is 0 Å². The first-order valence-corrected chi connectivity index (χ1v) is 9.46. The predicted molar refractivity (Wildman–Crippen MR) is 89.6 cm³/mol. The van der Waals surface area contributed by atoms with Crippen molar-refractivity contribution in [3.8, 4) is 0 Å². The molecule has 0 aromatic rings. The fraction of sp³-hybridized carbons (Fsp3) is 0.889. The van der Waals surface area contributed by atoms with Crippen molar-refractivity contribution in [1.29, 1.82) is 0 Å². The molecule has 6 heteroatoms. The van der Waals surface area contributed by atoms with Gasteiger partial charge in [-0.2, -0.15) is 0 Å². The molecular weight excluding hydrogens is 308 g/mol. The number of hydrogen-bond donors (Lipinski definition) is 0. The van der Waals surface area contributed by atoms with E-state index < -0.39 is 0 Å². The van der Waals surface area contributed by atoms with E-state index >= 15 is 0 Å². The van der Waals surface area contributed by atoms with Crippen LogP contribution in [-0.2, 0) is 14.3 Å². The highest BCUT2D eigenvalue weighted by molar-refractivity contribution is 5.77. The number of ether oxygens (including phenoxy) is 2. The second-order valence-electron chi connectivity index (χ2n) is 7.30. The zero-order chi connectivity index (χ0) is 16.9. The summed E-state index contributed by atoms with van der Waals surface area (Å²) in [5.74, 6) is -0.340. The summed E-state index contributed by atoms with van der Waals surface area (Å²) in [6.45, 7) is 2.95. The lowest BCUT2D eigenvalue weighted by Crippen LogP contribution is -2.49. The zero-order valence-electron chi connectivity index (χ0n) is 14.7. The van der Waals surface area contributed by atoms with Crippen molar-refractivity contribution in [2.45, 2.75) is 63.6 Å². The van der Waals surface area contributed by atoms with Gasteiger partial charge in [0, 0.05) is 33.3 Å². The number of urea groups is 1. The van der Waals surface area contributed by atoms with Crippen molar-refractivity contribution in [3.63, 3.8) is 0 Å². The van der Waals surface area contributed by atoms with E-state index in [0.29, 0.717) is 6.54 Å². The van der Waals surface area contributed by atoms with Gasteiger partial charge in [0.2, 0.25) is 0 Å². The van der Waals surface area contributed by atoms with Gasteiger partial charge in [0.25, 0.3) is 0 Å². The number of esters is 1. The van der Waals surface area contributed by atoms with E-state index in [2.05, 4.69) is 0 Å². The highest BCUT2D eigenvalue weighted by Crippen LogP contribution is 2.26. The molecule has 1 saturated carbocycles. The Morgan fingerprint density at radius 3 is 2.21 bits per heavy atom. The molecule has 3 fully saturated rings. The molecule has 0 unspecified atom stereocenters. The van der Waals surface area contributed by atoms with Crippen LogP contribution < -0.4 is 0 Å². The molecule has 2 saturated heterocycles. The molecule has 0 N–H and O–H groups in total. The number of hydrogen-bond acceptors (Lipinski definition) is 4. The quantitative estimate of drug-likeness (QED) is 0.742. The molecule has 3 atom stereocenters. The maximum absolute atomic E-state index is 12.6. The molecule has 6 nitrogen and oxygen atoms in total. The Labute approximate surface area is 144 Å². The van der Waals surface area contributed by atoms with Crippen molar-refractivity contribution in [1.82, 2.24) is 9.80 Å². The normalized spacial score (nSPS) is 31.1. The van der Waals surface area contributed by atoms with Crippen molar-refractivity contribution in [2.75, 3.05) is 33.3 Å². The number of amides is 2. The molecular formula is C18H30N2O4. The molecule has 136 valence electrons. The smallest absolute Gasteiger partial charge is 0.320 e. The Morgan fingerprint density at radius 2 is 1.50 bits per heavy atom. The molecule has 1 aliphatic carbocycles. The average molecular weight is 338 g/mol. The molecule has 0 bridgehead atoms. The van der Waals surface area contributed by atoms with Crippen LogP contribution in [0.5, 0.6) is 0 Å². The summed E-state index contributed by atoms with van der Waals surface area (Å²) in [5, 5.41) is 0. The van der Waals surface area contributed by atoms with Crippen LogP contribution in [0.25, 0.3) is 0 Å². The number of methoxy groups -OCH3 is 1. The highest BCUT2D eigenvalue weighted by atomic mass is 16.6. The number of carbonyl (C=O) groups is 2. The predicted octanol–water partition coefficient (Wildman–Crippen LogP) is 2.42. The summed E-state index contributed by atoms with van der Waals surface area (Å²) >= 11 is 0. The van der Waals surface area contributed by atoms with Crippen LogP contribution in [0.3, 0.4) is 0 Å². The lowest BCUT2D eigenvalue weighted by atomic mass is 9.94. The number of rotatable bonds is 3. The van der Waals surface area contributed by atoms with Crippen LogP contribution in [0, 0.1) is 5.92 Å². The van der Waals surface area contributed by atoms with Gasteiger partial charge >= 0.3 is 12.0 Å². The Bertz CT molecular complexity index is 450. The second kappa shape index (κ2) is 8.19. The molecule has 3 rings (SSSR count). The fourth-order valence-corrected chi connectivity index (χ4v) is 4.16. The van der Waals surface area contributed by atoms with Gasteiger partial charge in [-0.1, -0.05) is 6.42 Å². The van der Waals surface area contributed by atoms with Crippen LogP contribution in [0.4, 0.5) is 4.79 Å². The third-order valence-corrected chi connectivity index (χ3v) is 5.61. The monoisotopic (exact) mass is 338 g/mol. The minimum Gasteiger partial charge on any atom is -0.459 e. The van der Waals surface area contributed by atoms with E-state index in [1.54, 1.807) is 7.11 Å². The first-order chi connectivity index (χ1) is 11.7. The SMILES string of the molecule is CO[C@@H]1CCCC[C@@H]1OC(=O)[C@H]1CCCN(C(=O)N2CCCC2)C1. The van der Waals surface area contributed by atoms with Gasteiger partial charge in [-0.15, -0.1) is 0 Å². The highest BCUT2D eigenvalue weighted by Gasteiger charge is 2.35. The van der Waals surface area contributed by atoms with E-state index in [1.807, 2.05) is 9.80 Å². The molecule has 0 aromatic heterocycles. The summed E-state index contributed by atoms with van der Waals surface area (Å²) in [6.07, 6.45) is 7.82. The van der Waals surface area contributed by atoms with E-state index in [4.69, 9.17) is 9.47 Å². The Morgan fingerprint density at radius 1 is 0.833 bits per heavy atom. The Kier molecular flexibility index (Phi) is 5.98. The van der Waals surface area contributed by atoms with Gasteiger partial charge in [0.1, 0.15) is 6.10 Å². The molecule has 3 aliphatic rings. The first kappa shape index (κ1) is 17.5. The van der Waals surface area contributed by atoms with Crippen LogP contribution in [0.1, 0.15) is 51.4 Å². The van der Waals surface area contributed by atoms with Crippen molar-refractivity contribution >= 4 is 12.0 Å². The minimum atomic E-state index is -0.190. The summed E-state index contributed by atoms with van der Waals surface area (Å²) < 4.78 is 11.2. The van der Waals surface area contributed by atoms with Gasteiger partial charge in [0.15, 0.2) is 0 Å². The topological polar surface area (TPSA) is 59.1 Å². The fourth-order valence-electron chi connectivity index (χ4n) is 4.16. The molecule has 2 aliphatic heterocycles. The average Bonchev–Trinajstić information content (AvgIpc) is 3.16. The van der Waals surface area contributed by atoms with Crippen LogP contribution in [0.15, 0.2) is 0 Å². The molecule has 0 spiro atoms. The number of likely N-dealkylation sites (tertiary alicyclic amines) is 2. The lowest BCUT2D eigenvalue weighted by molar-refractivity contribution is -0.165. The molecule has 0 aromatic carbocycles. The van der Waals surface area contributed by atoms with Gasteiger partial charge in [-0.05, 0) is 44.9 Å². The van der Waals surface area contributed by atoms with Gasteiger partial charge < -0.3 is 19.3 Å². The van der Waals surface area contributed by atoms with Crippen LogP contribution in [-0.4, -0.2) is 67.3 Å². The summed E-state index contributed by atoms with van der Waals surface area (Å²) in [5.41, 5.74) is 0. The largest absolute Gasteiger partial charge is 0.459 e. The summed E-state index contributed by atoms with van der Waals surface area (Å²) in [4.78, 5) is 28.9. The maximum atomic E-state index is 12.6. The molecule has 24 heavy (non-hydrogen) atoms. The standard InChI is InChI=1S/C18H30N2O4/c1-23-15-8-2-3-9-16(15)24-17(21)14-7-6-12-20(13-14)18(22)19-10-4-5-11-19/h14-16H,2-13H2,1H3/t14-,15+,16-/m0/s1. The minimum absolute atomic E-state index is 0.0219. The molecule has 2 amide bonds. The number of nitrogens with zero attached hydrogens (tertiary/aromatic N) is 2. The van der Waals surface area contributed by atoms with Gasteiger partial charge in [-0.25, -0.2) is 4.79 Å². The summed E-state index contributed by atoms with van der Waals surface area (Å²) in [6, 6.07) is 0.0948. The Hall–Kier alpha value is -1.30. The molecule has 2 heterocycles. The van der Waals surface area contributed by atoms with E-state index in [-0.39, 0.29) is 30.1 Å². The van der Waals surface area contributed by atoms with Gasteiger partial charge in [0.05, 0.1) is 12.0 Å². The van der Waals surface area contributed by atoms with E-state index in [1.165, 1.54) is 0 Å². The van der Waals surface area contributed by atoms with Crippen LogP contribution >= 0.6 is 0 Å². The second-order valence-corrected chi connectivity index (χ2v) is 7.30. The number of piperidine rings is 1. The van der Waals surface area contributed by atoms with E-state index in [9.17, 15) is 9.59 Å². The number of carbonyl (C=O) groups excluding carboxylic acids is 2. The Balaban J connectivity index is 1.53. The first-order valence-electron chi connectivity index (χ1n) is 9.46. The van der Waals surface area contributed by atoms with Gasteiger partial charge in [-0.3, -0.25) is 4.79 Å². The van der Waals surface area contributed by atoms with Crippen LogP contribution in [0.2, 0.25) is 0 Å². The third-order valence-electron chi connectivity index (χ3n) is 5.61. The van der Waals surface area contributed by atoms with Crippen molar-refractivity contribution < 1.29 is 19.1 Å². The zero-order valence-corrected chi connectivity index (χ0v) is 14.7. The maximum Gasteiger partial charge on any atom is 0.320 e. The van der Waals surface area contributed by atoms with E-state index in [0.717, 1.165) is 71.0 Å². The molecule has 0 radical (unpaired) electrons. The third kappa shape index (κ3) is 4.02. The summed E-state index contributed by atoms with van der Waals surface area (Å²) in [7, 11) is 1.69.